The third-order valence-electron chi connectivity index (χ3n) is 1.13. The molecule has 15 heavy (non-hydrogen) atoms. The first-order chi connectivity index (χ1) is 6.63. The van der Waals surface area contributed by atoms with Gasteiger partial charge in [-0.25, -0.2) is 5.50 Å². The first-order valence-corrected chi connectivity index (χ1v) is 6.30. The molecule has 0 aromatic carbocycles. The highest BCUT2D eigenvalue weighted by Gasteiger charge is 2.38. The lowest BCUT2D eigenvalue weighted by Crippen LogP contribution is -2.37. The fraction of sp³-hybridized carbons (Fsp3) is 0.800. The van der Waals surface area contributed by atoms with Gasteiger partial charge in [0.05, 0.1) is 6.61 Å². The van der Waals surface area contributed by atoms with E-state index in [0.717, 1.165) is 0 Å². The molecule has 1 unspecified atom stereocenters. The molecule has 0 rings (SSSR count). The summed E-state index contributed by atoms with van der Waals surface area (Å²) >= 11 is 4.99. The van der Waals surface area contributed by atoms with Crippen molar-refractivity contribution in [3.63, 3.8) is 0 Å². The maximum Gasteiger partial charge on any atom is 0.471 e. The fourth-order valence-corrected chi connectivity index (χ4v) is 1.15. The van der Waals surface area contributed by atoms with Crippen LogP contribution in [0.25, 0.3) is 0 Å². The third kappa shape index (κ3) is 8.68. The number of nitrogens with one attached hydrogen (secondary N) is 1. The molecule has 90 valence electrons. The molecule has 0 aromatic rings. The van der Waals surface area contributed by atoms with Crippen molar-refractivity contribution in [2.24, 2.45) is 5.50 Å². The van der Waals surface area contributed by atoms with Crippen LogP contribution < -0.4 is 10.8 Å². The predicted octanol–water partition coefficient (Wildman–Crippen LogP) is 1.38. The second kappa shape index (κ2) is 5.69. The van der Waals surface area contributed by atoms with Crippen molar-refractivity contribution >= 4 is 24.0 Å². The van der Waals surface area contributed by atoms with Crippen LogP contribution in [0.15, 0.2) is 0 Å². The van der Waals surface area contributed by atoms with Crippen LogP contribution in [0.2, 0.25) is 0 Å². The zero-order valence-corrected chi connectivity index (χ0v) is 9.03. The molecule has 5 nitrogen and oxygen atoms in total. The number of carbonyl (C=O) groups is 1. The molecule has 0 radical (unpaired) electrons. The average molecular weight is 269 g/mol. The van der Waals surface area contributed by atoms with E-state index in [9.17, 15) is 22.5 Å². The lowest BCUT2D eigenvalue weighted by atomic mass is 10.4. The van der Waals surface area contributed by atoms with Gasteiger partial charge in [-0.15, -0.1) is 0 Å². The highest BCUT2D eigenvalue weighted by molar-refractivity contribution is 7.83. The molecule has 0 bridgehead atoms. The average Bonchev–Trinajstić information content (AvgIpc) is 1.99. The number of rotatable bonds is 5. The Bertz CT molecular complexity index is 267. The number of amides is 1. The van der Waals surface area contributed by atoms with Crippen LogP contribution >= 0.6 is 18.1 Å². The standard InChI is InChI=1S/C5H9ClF3N2O3P/c6-15(10,13)14-3-1-2-11-4(12)5(7,8)9/h1-3H2,(H2,10,13)(H,11,12). The zero-order valence-electron chi connectivity index (χ0n) is 7.38. The molecule has 3 N–H and O–H groups in total. The third-order valence-corrected chi connectivity index (χ3v) is 1.96. The van der Waals surface area contributed by atoms with Crippen molar-refractivity contribution in [1.82, 2.24) is 5.32 Å². The maximum atomic E-state index is 11.6. The Kier molecular flexibility index (Phi) is 5.58. The maximum absolute atomic E-state index is 11.6. The van der Waals surface area contributed by atoms with E-state index in [0.29, 0.717) is 0 Å². The molecule has 1 atom stereocenters. The SMILES string of the molecule is NP(=O)(Cl)OCCCNC(=O)C(F)(F)F. The van der Waals surface area contributed by atoms with E-state index in [-0.39, 0.29) is 19.6 Å². The molecule has 1 amide bonds. The molecule has 10 heteroatoms. The number of carbonyl (C=O) groups excluding carboxylic acids is 1. The van der Waals surface area contributed by atoms with E-state index in [1.54, 1.807) is 5.32 Å². The van der Waals surface area contributed by atoms with Crippen LogP contribution in [0.4, 0.5) is 13.2 Å². The van der Waals surface area contributed by atoms with Gasteiger partial charge in [-0.2, -0.15) is 13.2 Å². The highest BCUT2D eigenvalue weighted by Crippen LogP contribution is 2.43. The van der Waals surface area contributed by atoms with Crippen molar-refractivity contribution in [3.05, 3.63) is 0 Å². The molecule has 0 saturated carbocycles. The summed E-state index contributed by atoms with van der Waals surface area (Å²) in [4.78, 5) is 10.2. The van der Waals surface area contributed by atoms with E-state index in [1.807, 2.05) is 0 Å². The zero-order chi connectivity index (χ0) is 12.1. The van der Waals surface area contributed by atoms with Gasteiger partial charge in [-0.1, -0.05) is 0 Å². The van der Waals surface area contributed by atoms with Gasteiger partial charge in [0.15, 0.2) is 0 Å². The van der Waals surface area contributed by atoms with E-state index < -0.39 is 19.0 Å². The quantitative estimate of drug-likeness (QED) is 0.583. The van der Waals surface area contributed by atoms with Gasteiger partial charge in [-0.05, 0) is 17.7 Å². The van der Waals surface area contributed by atoms with Crippen molar-refractivity contribution < 1.29 is 27.1 Å². The summed E-state index contributed by atoms with van der Waals surface area (Å²) in [6.45, 7) is -4.09. The molecule has 0 aliphatic rings. The van der Waals surface area contributed by atoms with Crippen LogP contribution in [0.5, 0.6) is 0 Å². The Hall–Kier alpha value is -0.300. The van der Waals surface area contributed by atoms with Gasteiger partial charge in [-0.3, -0.25) is 9.36 Å². The number of hydrogen-bond acceptors (Lipinski definition) is 3. The van der Waals surface area contributed by atoms with Crippen LogP contribution in [0.1, 0.15) is 6.42 Å². The second-order valence-electron chi connectivity index (χ2n) is 2.46. The lowest BCUT2D eigenvalue weighted by Gasteiger charge is -2.08. The monoisotopic (exact) mass is 268 g/mol. The Morgan fingerprint density at radius 2 is 2.07 bits per heavy atom. The van der Waals surface area contributed by atoms with Gasteiger partial charge in [0.1, 0.15) is 0 Å². The molecule has 0 aromatic heterocycles. The van der Waals surface area contributed by atoms with Gasteiger partial charge < -0.3 is 9.84 Å². The summed E-state index contributed by atoms with van der Waals surface area (Å²) in [7, 11) is 0. The first-order valence-electron chi connectivity index (χ1n) is 3.71. The Morgan fingerprint density at radius 3 is 2.47 bits per heavy atom. The second-order valence-corrected chi connectivity index (χ2v) is 5.18. The molecule has 0 spiro atoms. The number of hydrogen-bond donors (Lipinski definition) is 2. The minimum atomic E-state index is -4.91. The minimum absolute atomic E-state index is 0.0235. The van der Waals surface area contributed by atoms with Gasteiger partial charge in [0.25, 0.3) is 0 Å². The van der Waals surface area contributed by atoms with Gasteiger partial charge in [0.2, 0.25) is 0 Å². The summed E-state index contributed by atoms with van der Waals surface area (Å²) in [6, 6.07) is 0. The first kappa shape index (κ1) is 14.7. The van der Waals surface area contributed by atoms with E-state index in [4.69, 9.17) is 16.7 Å². The summed E-state index contributed by atoms with van der Waals surface area (Å²) in [5.41, 5.74) is 4.78. The number of nitrogens with two attached hydrogens (primary N) is 1. The molecular weight excluding hydrogens is 259 g/mol. The van der Waals surface area contributed by atoms with Crippen LogP contribution in [-0.4, -0.2) is 25.2 Å². The van der Waals surface area contributed by atoms with E-state index >= 15 is 0 Å². The topological polar surface area (TPSA) is 81.4 Å². The molecule has 0 heterocycles. The van der Waals surface area contributed by atoms with Crippen LogP contribution in [0, 0.1) is 0 Å². The van der Waals surface area contributed by atoms with E-state index in [1.165, 1.54) is 0 Å². The molecule has 0 saturated heterocycles. The summed E-state index contributed by atoms with van der Waals surface area (Å²) in [5, 5.41) is 1.59. The molecular formula is C5H9ClF3N2O3P. The number of alkyl halides is 3. The van der Waals surface area contributed by atoms with Crippen molar-refractivity contribution in [3.8, 4) is 0 Å². The Balaban J connectivity index is 3.57. The molecule has 0 aliphatic carbocycles. The minimum Gasteiger partial charge on any atom is -0.348 e. The van der Waals surface area contributed by atoms with Crippen molar-refractivity contribution in [1.29, 1.82) is 0 Å². The Labute approximate surface area is 88.4 Å². The highest BCUT2D eigenvalue weighted by atomic mass is 35.7. The van der Waals surface area contributed by atoms with Crippen LogP contribution in [-0.2, 0) is 13.9 Å². The largest absolute Gasteiger partial charge is 0.471 e. The smallest absolute Gasteiger partial charge is 0.348 e. The Morgan fingerprint density at radius 1 is 1.53 bits per heavy atom. The summed E-state index contributed by atoms with van der Waals surface area (Å²) in [6.07, 6.45) is -4.88. The van der Waals surface area contributed by atoms with Crippen molar-refractivity contribution in [2.75, 3.05) is 13.2 Å². The van der Waals surface area contributed by atoms with Gasteiger partial charge in [0, 0.05) is 6.54 Å². The van der Waals surface area contributed by atoms with Crippen LogP contribution in [0.3, 0.4) is 0 Å². The normalized spacial score (nSPS) is 15.8. The predicted molar refractivity (Wildman–Crippen MR) is 47.3 cm³/mol. The number of halogens is 4. The molecule has 0 fully saturated rings. The van der Waals surface area contributed by atoms with Crippen molar-refractivity contribution in [2.45, 2.75) is 12.6 Å². The molecule has 0 aliphatic heterocycles. The van der Waals surface area contributed by atoms with E-state index in [2.05, 4.69) is 4.52 Å². The fourth-order valence-electron chi connectivity index (χ4n) is 0.563. The van der Waals surface area contributed by atoms with Gasteiger partial charge >= 0.3 is 19.0 Å². The lowest BCUT2D eigenvalue weighted by molar-refractivity contribution is -0.173. The summed E-state index contributed by atoms with van der Waals surface area (Å²) in [5.74, 6) is -2.04. The summed E-state index contributed by atoms with van der Waals surface area (Å²) < 4.78 is 49.7.